The second kappa shape index (κ2) is 4.85. The predicted octanol–water partition coefficient (Wildman–Crippen LogP) is 2.43. The van der Waals surface area contributed by atoms with E-state index in [2.05, 4.69) is 15.9 Å². The van der Waals surface area contributed by atoms with Crippen molar-refractivity contribution in [2.45, 2.75) is 18.9 Å². The number of phenols is 1. The molecular formula is C9H9BrF3NO. The first-order valence-electron chi connectivity index (χ1n) is 4.12. The molecule has 1 unspecified atom stereocenters. The molecule has 0 fully saturated rings. The Morgan fingerprint density at radius 3 is 2.53 bits per heavy atom. The molecule has 84 valence electrons. The smallest absolute Gasteiger partial charge is 0.253 e. The molecule has 15 heavy (non-hydrogen) atoms. The average Bonchev–Trinajstić information content (AvgIpc) is 2.13. The van der Waals surface area contributed by atoms with E-state index in [-0.39, 0.29) is 12.0 Å². The minimum Gasteiger partial charge on any atom is -0.505 e. The fraction of sp³-hybridized carbons (Fsp3) is 0.333. The molecule has 2 nitrogen and oxygen atoms in total. The molecule has 0 aliphatic carbocycles. The molecule has 0 heterocycles. The van der Waals surface area contributed by atoms with Gasteiger partial charge in [-0.1, -0.05) is 15.9 Å². The van der Waals surface area contributed by atoms with Gasteiger partial charge in [0.05, 0.1) is 6.04 Å². The minimum absolute atomic E-state index is 0.0645. The minimum atomic E-state index is -2.70. The first-order valence-corrected chi connectivity index (χ1v) is 4.91. The van der Waals surface area contributed by atoms with E-state index < -0.39 is 24.0 Å². The topological polar surface area (TPSA) is 46.2 Å². The van der Waals surface area contributed by atoms with Gasteiger partial charge < -0.3 is 10.8 Å². The average molecular weight is 284 g/mol. The molecule has 1 atom stereocenters. The third-order valence-electron chi connectivity index (χ3n) is 1.89. The van der Waals surface area contributed by atoms with E-state index in [1.807, 2.05) is 0 Å². The van der Waals surface area contributed by atoms with Crippen LogP contribution in [0, 0.1) is 5.82 Å². The van der Waals surface area contributed by atoms with Gasteiger partial charge in [0, 0.05) is 4.47 Å². The Labute approximate surface area is 93.0 Å². The summed E-state index contributed by atoms with van der Waals surface area (Å²) >= 11 is 2.99. The summed E-state index contributed by atoms with van der Waals surface area (Å²) in [5, 5.41) is 9.26. The van der Waals surface area contributed by atoms with Crippen LogP contribution in [0.2, 0.25) is 0 Å². The third kappa shape index (κ3) is 3.10. The van der Waals surface area contributed by atoms with Crippen LogP contribution in [0.3, 0.4) is 0 Å². The molecule has 0 aromatic heterocycles. The molecular weight excluding hydrogens is 275 g/mol. The van der Waals surface area contributed by atoms with Crippen molar-refractivity contribution in [2.75, 3.05) is 0 Å². The molecule has 1 rings (SSSR count). The molecule has 1 aromatic rings. The van der Waals surface area contributed by atoms with E-state index in [0.717, 1.165) is 6.07 Å². The van der Waals surface area contributed by atoms with E-state index in [0.29, 0.717) is 4.47 Å². The maximum absolute atomic E-state index is 13.0. The van der Waals surface area contributed by atoms with Crippen LogP contribution in [-0.4, -0.2) is 17.6 Å². The Morgan fingerprint density at radius 1 is 1.40 bits per heavy atom. The number of halogens is 4. The number of alkyl halides is 2. The Hall–Kier alpha value is -0.750. The number of nitrogens with two attached hydrogens (primary N) is 1. The number of hydrogen-bond acceptors (Lipinski definition) is 2. The summed E-state index contributed by atoms with van der Waals surface area (Å²) in [7, 11) is 0. The van der Waals surface area contributed by atoms with Gasteiger partial charge in [0.2, 0.25) is 0 Å². The van der Waals surface area contributed by atoms with Gasteiger partial charge in [-0.2, -0.15) is 0 Å². The van der Waals surface area contributed by atoms with Gasteiger partial charge in [0.25, 0.3) is 6.43 Å². The van der Waals surface area contributed by atoms with Crippen LogP contribution < -0.4 is 5.73 Å². The summed E-state index contributed by atoms with van der Waals surface area (Å²) in [5.74, 6) is -1.49. The Kier molecular flexibility index (Phi) is 3.98. The molecule has 0 saturated heterocycles. The highest BCUT2D eigenvalue weighted by Crippen LogP contribution is 2.27. The highest BCUT2D eigenvalue weighted by molar-refractivity contribution is 9.10. The van der Waals surface area contributed by atoms with Gasteiger partial charge >= 0.3 is 0 Å². The summed E-state index contributed by atoms with van der Waals surface area (Å²) < 4.78 is 37.6. The fourth-order valence-electron chi connectivity index (χ4n) is 1.12. The lowest BCUT2D eigenvalue weighted by atomic mass is 10.1. The van der Waals surface area contributed by atoms with Crippen LogP contribution in [0.15, 0.2) is 16.6 Å². The van der Waals surface area contributed by atoms with Gasteiger partial charge in [0.1, 0.15) is 0 Å². The first kappa shape index (κ1) is 12.3. The maximum atomic E-state index is 13.0. The monoisotopic (exact) mass is 283 g/mol. The molecule has 1 aromatic carbocycles. The van der Waals surface area contributed by atoms with Gasteiger partial charge in [-0.05, 0) is 24.1 Å². The van der Waals surface area contributed by atoms with Crippen molar-refractivity contribution in [3.8, 4) is 5.75 Å². The lowest BCUT2D eigenvalue weighted by molar-refractivity contribution is 0.115. The van der Waals surface area contributed by atoms with E-state index in [9.17, 15) is 18.3 Å². The number of benzene rings is 1. The Balaban J connectivity index is 2.94. The van der Waals surface area contributed by atoms with Crippen molar-refractivity contribution in [3.63, 3.8) is 0 Å². The van der Waals surface area contributed by atoms with E-state index >= 15 is 0 Å². The van der Waals surface area contributed by atoms with Crippen molar-refractivity contribution in [1.29, 1.82) is 0 Å². The first-order chi connectivity index (χ1) is 6.91. The van der Waals surface area contributed by atoms with Crippen LogP contribution in [0.25, 0.3) is 0 Å². The molecule has 0 radical (unpaired) electrons. The quantitative estimate of drug-likeness (QED) is 0.895. The predicted molar refractivity (Wildman–Crippen MR) is 53.4 cm³/mol. The summed E-state index contributed by atoms with van der Waals surface area (Å²) in [4.78, 5) is 0. The van der Waals surface area contributed by atoms with E-state index in [4.69, 9.17) is 5.73 Å². The summed E-state index contributed by atoms with van der Waals surface area (Å²) in [6, 6.07) is 0.998. The largest absolute Gasteiger partial charge is 0.505 e. The zero-order valence-corrected chi connectivity index (χ0v) is 9.14. The molecule has 0 saturated carbocycles. The number of aromatic hydroxyl groups is 1. The number of hydrogen-bond donors (Lipinski definition) is 2. The van der Waals surface area contributed by atoms with Crippen LogP contribution in [0.1, 0.15) is 5.56 Å². The van der Waals surface area contributed by atoms with Gasteiger partial charge in [-0.25, -0.2) is 13.2 Å². The van der Waals surface area contributed by atoms with Crippen molar-refractivity contribution >= 4 is 15.9 Å². The fourth-order valence-corrected chi connectivity index (χ4v) is 1.60. The van der Waals surface area contributed by atoms with Crippen molar-refractivity contribution in [3.05, 3.63) is 28.0 Å². The van der Waals surface area contributed by atoms with Crippen LogP contribution >= 0.6 is 15.9 Å². The molecule has 0 aliphatic rings. The molecule has 0 bridgehead atoms. The van der Waals surface area contributed by atoms with Crippen LogP contribution in [0.5, 0.6) is 5.75 Å². The highest BCUT2D eigenvalue weighted by atomic mass is 79.9. The molecule has 3 N–H and O–H groups in total. The van der Waals surface area contributed by atoms with Crippen molar-refractivity contribution in [2.24, 2.45) is 5.73 Å². The van der Waals surface area contributed by atoms with Gasteiger partial charge in [0.15, 0.2) is 11.6 Å². The van der Waals surface area contributed by atoms with Crippen molar-refractivity contribution in [1.82, 2.24) is 0 Å². The van der Waals surface area contributed by atoms with E-state index in [1.165, 1.54) is 6.07 Å². The molecule has 0 aliphatic heterocycles. The van der Waals surface area contributed by atoms with Crippen LogP contribution in [-0.2, 0) is 6.42 Å². The standard InChI is InChI=1S/C9H9BrF3NO/c10-5-1-4(2-7(14)9(12)13)8(15)6(11)3-5/h1,3,7,9,15H,2,14H2. The number of rotatable bonds is 3. The lowest BCUT2D eigenvalue weighted by Gasteiger charge is -2.12. The molecule has 0 amide bonds. The highest BCUT2D eigenvalue weighted by Gasteiger charge is 2.19. The zero-order valence-electron chi connectivity index (χ0n) is 7.55. The second-order valence-corrected chi connectivity index (χ2v) is 4.01. The zero-order chi connectivity index (χ0) is 11.6. The molecule has 0 spiro atoms. The van der Waals surface area contributed by atoms with Gasteiger partial charge in [-0.15, -0.1) is 0 Å². The normalized spacial score (nSPS) is 13.2. The van der Waals surface area contributed by atoms with Gasteiger partial charge in [-0.3, -0.25) is 0 Å². The second-order valence-electron chi connectivity index (χ2n) is 3.10. The third-order valence-corrected chi connectivity index (χ3v) is 2.34. The maximum Gasteiger partial charge on any atom is 0.253 e. The SMILES string of the molecule is NC(Cc1cc(Br)cc(F)c1O)C(F)F. The Bertz CT molecular complexity index is 359. The summed E-state index contributed by atoms with van der Waals surface area (Å²) in [6.45, 7) is 0. The molecule has 6 heteroatoms. The number of phenolic OH excluding ortho intramolecular Hbond substituents is 1. The summed E-state index contributed by atoms with van der Waals surface area (Å²) in [5.41, 5.74) is 5.18. The Morgan fingerprint density at radius 2 is 2.00 bits per heavy atom. The van der Waals surface area contributed by atoms with Crippen LogP contribution in [0.4, 0.5) is 13.2 Å². The summed E-state index contributed by atoms with van der Waals surface area (Å²) in [6.07, 6.45) is -2.98. The lowest BCUT2D eigenvalue weighted by Crippen LogP contribution is -2.30. The van der Waals surface area contributed by atoms with E-state index in [1.54, 1.807) is 0 Å². The van der Waals surface area contributed by atoms with Crippen molar-refractivity contribution < 1.29 is 18.3 Å².